The van der Waals surface area contributed by atoms with Crippen molar-refractivity contribution in [1.29, 1.82) is 0 Å². The van der Waals surface area contributed by atoms with Crippen LogP contribution in [0.5, 0.6) is 11.5 Å². The Hall–Kier alpha value is -4.71. The average molecular weight is 462 g/mol. The van der Waals surface area contributed by atoms with Crippen LogP contribution in [0.1, 0.15) is 21.5 Å². The van der Waals surface area contributed by atoms with Crippen LogP contribution in [-0.4, -0.2) is 15.5 Å². The van der Waals surface area contributed by atoms with E-state index < -0.39 is 11.5 Å². The van der Waals surface area contributed by atoms with Gasteiger partial charge in [-0.25, -0.2) is 4.98 Å². The predicted octanol–water partition coefficient (Wildman–Crippen LogP) is 5.80. The van der Waals surface area contributed by atoms with Gasteiger partial charge in [0, 0.05) is 17.3 Å². The highest BCUT2D eigenvalue weighted by Gasteiger charge is 2.17. The topological polar surface area (TPSA) is 73.2 Å². The number of rotatable bonds is 6. The lowest BCUT2D eigenvalue weighted by Gasteiger charge is -2.13. The molecule has 0 saturated carbocycles. The fraction of sp³-hybridized carbons (Fsp3) is 0.0690. The molecule has 2 aromatic heterocycles. The van der Waals surface area contributed by atoms with Gasteiger partial charge in [0.1, 0.15) is 22.7 Å². The van der Waals surface area contributed by atoms with Gasteiger partial charge in [0.25, 0.3) is 11.5 Å². The van der Waals surface area contributed by atoms with Crippen LogP contribution in [0.4, 0.5) is 5.69 Å². The second-order valence-electron chi connectivity index (χ2n) is 8.24. The van der Waals surface area contributed by atoms with Gasteiger partial charge in [-0.1, -0.05) is 48.0 Å². The molecule has 6 heteroatoms. The van der Waals surface area contributed by atoms with Crippen molar-refractivity contribution in [3.05, 3.63) is 130 Å². The number of carbonyl (C=O) groups excluding carboxylic acids is 1. The van der Waals surface area contributed by atoms with Gasteiger partial charge < -0.3 is 10.1 Å². The quantitative estimate of drug-likeness (QED) is 0.347. The number of nitrogens with zero attached hydrogens (tertiary/aromatic N) is 2. The first-order valence-corrected chi connectivity index (χ1v) is 11.3. The van der Waals surface area contributed by atoms with E-state index >= 15 is 0 Å². The minimum atomic E-state index is -0.477. The number of aryl methyl sites for hydroxylation is 1. The predicted molar refractivity (Wildman–Crippen MR) is 137 cm³/mol. The molecule has 1 N–H and O–H groups in total. The molecule has 2 heterocycles. The number of anilines is 1. The molecule has 172 valence electrons. The molecule has 5 rings (SSSR count). The molecular formula is C29H23N3O3. The van der Waals surface area contributed by atoms with Gasteiger partial charge in [0.2, 0.25) is 0 Å². The van der Waals surface area contributed by atoms with E-state index in [1.165, 1.54) is 0 Å². The SMILES string of the molecule is Cc1ccc(Cn2c(=O)c(C(=O)Nc3ccc(Oc4ccccc4)cc3)cc3cccnc32)cc1. The summed E-state index contributed by atoms with van der Waals surface area (Å²) in [5, 5.41) is 3.54. The summed E-state index contributed by atoms with van der Waals surface area (Å²) in [7, 11) is 0. The highest BCUT2D eigenvalue weighted by atomic mass is 16.5. The van der Waals surface area contributed by atoms with Crippen LogP contribution < -0.4 is 15.6 Å². The fourth-order valence-corrected chi connectivity index (χ4v) is 3.82. The van der Waals surface area contributed by atoms with Gasteiger partial charge in [-0.15, -0.1) is 0 Å². The first kappa shape index (κ1) is 22.1. The molecule has 0 fully saturated rings. The van der Waals surface area contributed by atoms with Crippen LogP contribution >= 0.6 is 0 Å². The van der Waals surface area contributed by atoms with Gasteiger partial charge in [-0.3, -0.25) is 14.2 Å². The van der Waals surface area contributed by atoms with Gasteiger partial charge in [-0.2, -0.15) is 0 Å². The van der Waals surface area contributed by atoms with E-state index in [0.717, 1.165) is 22.3 Å². The standard InChI is InChI=1S/C29H23N3O3/c1-20-9-11-21(12-10-20)19-32-27-22(6-5-17-30-27)18-26(29(32)34)28(33)31-23-13-15-25(16-14-23)35-24-7-3-2-4-8-24/h2-18H,19H2,1H3,(H,31,33). The number of nitrogens with one attached hydrogen (secondary N) is 1. The molecule has 0 radical (unpaired) electrons. The summed E-state index contributed by atoms with van der Waals surface area (Å²) in [5.41, 5.74) is 2.86. The van der Waals surface area contributed by atoms with E-state index in [-0.39, 0.29) is 5.56 Å². The summed E-state index contributed by atoms with van der Waals surface area (Å²) in [6.07, 6.45) is 1.65. The molecule has 35 heavy (non-hydrogen) atoms. The summed E-state index contributed by atoms with van der Waals surface area (Å²) in [4.78, 5) is 30.9. The van der Waals surface area contributed by atoms with Crippen LogP contribution in [-0.2, 0) is 6.54 Å². The zero-order valence-electron chi connectivity index (χ0n) is 19.1. The van der Waals surface area contributed by atoms with Crippen molar-refractivity contribution in [2.24, 2.45) is 0 Å². The third-order valence-electron chi connectivity index (χ3n) is 5.64. The van der Waals surface area contributed by atoms with Crippen molar-refractivity contribution in [3.63, 3.8) is 0 Å². The zero-order valence-corrected chi connectivity index (χ0v) is 19.1. The number of amides is 1. The van der Waals surface area contributed by atoms with Crippen LogP contribution in [0.15, 0.2) is 108 Å². The Morgan fingerprint density at radius 2 is 1.60 bits per heavy atom. The van der Waals surface area contributed by atoms with Gasteiger partial charge in [0.05, 0.1) is 6.54 Å². The monoisotopic (exact) mass is 461 g/mol. The van der Waals surface area contributed by atoms with E-state index in [1.54, 1.807) is 47.2 Å². The molecule has 0 bridgehead atoms. The molecule has 3 aromatic carbocycles. The Balaban J connectivity index is 1.42. The van der Waals surface area contributed by atoms with Crippen molar-refractivity contribution in [2.45, 2.75) is 13.5 Å². The minimum Gasteiger partial charge on any atom is -0.457 e. The lowest BCUT2D eigenvalue weighted by atomic mass is 10.1. The van der Waals surface area contributed by atoms with E-state index in [0.29, 0.717) is 23.6 Å². The first-order valence-electron chi connectivity index (χ1n) is 11.3. The second kappa shape index (κ2) is 9.65. The number of pyridine rings is 2. The van der Waals surface area contributed by atoms with Crippen LogP contribution in [0.25, 0.3) is 11.0 Å². The maximum Gasteiger partial charge on any atom is 0.265 e. The highest BCUT2D eigenvalue weighted by molar-refractivity contribution is 6.05. The van der Waals surface area contributed by atoms with Crippen LogP contribution in [0.2, 0.25) is 0 Å². The van der Waals surface area contributed by atoms with Crippen molar-refractivity contribution < 1.29 is 9.53 Å². The largest absolute Gasteiger partial charge is 0.457 e. The maximum atomic E-state index is 13.4. The summed E-state index contributed by atoms with van der Waals surface area (Å²) in [6, 6.07) is 29.6. The molecule has 0 unspecified atom stereocenters. The zero-order chi connectivity index (χ0) is 24.2. The van der Waals surface area contributed by atoms with Crippen LogP contribution in [0.3, 0.4) is 0 Å². The Kier molecular flexibility index (Phi) is 6.09. The molecule has 0 atom stereocenters. The fourth-order valence-electron chi connectivity index (χ4n) is 3.82. The first-order chi connectivity index (χ1) is 17.1. The molecular weight excluding hydrogens is 438 g/mol. The molecule has 0 aliphatic heterocycles. The van der Waals surface area contributed by atoms with Gasteiger partial charge in [0.15, 0.2) is 0 Å². The summed E-state index contributed by atoms with van der Waals surface area (Å²) in [5.74, 6) is 0.893. The van der Waals surface area contributed by atoms with E-state index in [1.807, 2.05) is 67.6 Å². The highest BCUT2D eigenvalue weighted by Crippen LogP contribution is 2.23. The Labute approximate surface area is 202 Å². The van der Waals surface area contributed by atoms with Gasteiger partial charge >= 0.3 is 0 Å². The number of hydrogen-bond donors (Lipinski definition) is 1. The smallest absolute Gasteiger partial charge is 0.265 e. The van der Waals surface area contributed by atoms with Crippen molar-refractivity contribution >= 4 is 22.6 Å². The number of ether oxygens (including phenoxy) is 1. The Bertz CT molecular complexity index is 1540. The lowest BCUT2D eigenvalue weighted by Crippen LogP contribution is -2.30. The Morgan fingerprint density at radius 3 is 2.34 bits per heavy atom. The average Bonchev–Trinajstić information content (AvgIpc) is 2.88. The molecule has 0 aliphatic carbocycles. The number of para-hydroxylation sites is 1. The molecule has 5 aromatic rings. The van der Waals surface area contributed by atoms with Crippen molar-refractivity contribution in [1.82, 2.24) is 9.55 Å². The summed E-state index contributed by atoms with van der Waals surface area (Å²) < 4.78 is 7.34. The second-order valence-corrected chi connectivity index (χ2v) is 8.24. The van der Waals surface area contributed by atoms with Gasteiger partial charge in [-0.05, 0) is 67.1 Å². The minimum absolute atomic E-state index is 0.0576. The number of hydrogen-bond acceptors (Lipinski definition) is 4. The molecule has 6 nitrogen and oxygen atoms in total. The molecule has 1 amide bonds. The maximum absolute atomic E-state index is 13.4. The molecule has 0 saturated heterocycles. The van der Waals surface area contributed by atoms with Crippen molar-refractivity contribution in [2.75, 3.05) is 5.32 Å². The Morgan fingerprint density at radius 1 is 0.886 bits per heavy atom. The number of aromatic nitrogens is 2. The lowest BCUT2D eigenvalue weighted by molar-refractivity contribution is 0.102. The summed E-state index contributed by atoms with van der Waals surface area (Å²) in [6.45, 7) is 2.33. The number of carbonyl (C=O) groups is 1. The van der Waals surface area contributed by atoms with E-state index in [4.69, 9.17) is 4.74 Å². The molecule has 0 spiro atoms. The van der Waals surface area contributed by atoms with E-state index in [2.05, 4.69) is 10.3 Å². The number of fused-ring (bicyclic) bond motifs is 1. The normalized spacial score (nSPS) is 10.8. The third kappa shape index (κ3) is 4.96. The number of benzene rings is 3. The summed E-state index contributed by atoms with van der Waals surface area (Å²) >= 11 is 0. The van der Waals surface area contributed by atoms with Crippen LogP contribution in [0, 0.1) is 6.92 Å². The molecule has 0 aliphatic rings. The third-order valence-corrected chi connectivity index (χ3v) is 5.64. The van der Waals surface area contributed by atoms with Crippen molar-refractivity contribution in [3.8, 4) is 11.5 Å². The van der Waals surface area contributed by atoms with E-state index in [9.17, 15) is 9.59 Å².